The van der Waals surface area contributed by atoms with Crippen molar-refractivity contribution in [1.82, 2.24) is 0 Å². The number of hydrogen-bond acceptors (Lipinski definition) is 0. The zero-order valence-electron chi connectivity index (χ0n) is 12.6. The first-order valence-electron chi connectivity index (χ1n) is 7.40. The number of rotatable bonds is 3. The average Bonchev–Trinajstić information content (AvgIpc) is 2.62. The maximum Gasteiger partial charge on any atom is 0.416 e. The molecule has 3 rings (SSSR count). The van der Waals surface area contributed by atoms with Crippen LogP contribution >= 0.6 is 0 Å². The van der Waals surface area contributed by atoms with Crippen molar-refractivity contribution in [3.05, 3.63) is 107 Å². The van der Waals surface area contributed by atoms with Crippen LogP contribution in [0.1, 0.15) is 22.3 Å². The van der Waals surface area contributed by atoms with Gasteiger partial charge in [-0.05, 0) is 28.8 Å². The van der Waals surface area contributed by atoms with Crippen LogP contribution in [0.15, 0.2) is 84.9 Å². The maximum absolute atomic E-state index is 16.1. The van der Waals surface area contributed by atoms with Crippen molar-refractivity contribution >= 4 is 0 Å². The summed E-state index contributed by atoms with van der Waals surface area (Å²) in [7, 11) is 0. The summed E-state index contributed by atoms with van der Waals surface area (Å²) < 4.78 is 54.4. The van der Waals surface area contributed by atoms with Gasteiger partial charge in [-0.25, -0.2) is 4.39 Å². The van der Waals surface area contributed by atoms with Crippen molar-refractivity contribution in [3.8, 4) is 0 Å². The van der Waals surface area contributed by atoms with Crippen molar-refractivity contribution in [2.24, 2.45) is 0 Å². The van der Waals surface area contributed by atoms with Crippen LogP contribution in [-0.2, 0) is 11.8 Å². The van der Waals surface area contributed by atoms with Gasteiger partial charge in [-0.15, -0.1) is 0 Å². The van der Waals surface area contributed by atoms with Crippen LogP contribution in [0.4, 0.5) is 17.6 Å². The second kappa shape index (κ2) is 6.11. The van der Waals surface area contributed by atoms with E-state index in [9.17, 15) is 13.2 Å². The van der Waals surface area contributed by atoms with Crippen LogP contribution in [0.3, 0.4) is 0 Å². The fourth-order valence-electron chi connectivity index (χ4n) is 2.72. The van der Waals surface area contributed by atoms with Gasteiger partial charge in [0.25, 0.3) is 0 Å². The molecule has 0 spiro atoms. The first-order chi connectivity index (χ1) is 11.4. The quantitative estimate of drug-likeness (QED) is 0.410. The molecule has 4 heteroatoms. The second-order valence-corrected chi connectivity index (χ2v) is 5.47. The molecule has 0 aliphatic carbocycles. The average molecular weight is 330 g/mol. The number of hydrogen-bond donors (Lipinski definition) is 0. The molecule has 0 saturated carbocycles. The van der Waals surface area contributed by atoms with Gasteiger partial charge in [0.2, 0.25) is 0 Å². The lowest BCUT2D eigenvalue weighted by atomic mass is 9.82. The van der Waals surface area contributed by atoms with Gasteiger partial charge >= 0.3 is 6.18 Å². The van der Waals surface area contributed by atoms with E-state index in [1.807, 2.05) is 0 Å². The second-order valence-electron chi connectivity index (χ2n) is 5.47. The number of alkyl halides is 4. The van der Waals surface area contributed by atoms with E-state index in [4.69, 9.17) is 0 Å². The third-order valence-electron chi connectivity index (χ3n) is 3.95. The third-order valence-corrected chi connectivity index (χ3v) is 3.95. The van der Waals surface area contributed by atoms with Gasteiger partial charge in [0.05, 0.1) is 5.56 Å². The third kappa shape index (κ3) is 2.92. The predicted octanol–water partition coefficient (Wildman–Crippen LogP) is 5.97. The van der Waals surface area contributed by atoms with E-state index < -0.39 is 17.4 Å². The van der Waals surface area contributed by atoms with Crippen molar-refractivity contribution in [2.45, 2.75) is 11.8 Å². The highest BCUT2D eigenvalue weighted by molar-refractivity contribution is 5.47. The Hall–Kier alpha value is -2.62. The molecule has 3 aromatic carbocycles. The Morgan fingerprint density at radius 1 is 0.417 bits per heavy atom. The number of benzene rings is 3. The molecular weight excluding hydrogens is 316 g/mol. The molecule has 0 radical (unpaired) electrons. The Morgan fingerprint density at radius 2 is 0.750 bits per heavy atom. The lowest BCUT2D eigenvalue weighted by Crippen LogP contribution is -2.23. The molecule has 0 bridgehead atoms. The Bertz CT molecular complexity index is 751. The molecule has 0 saturated heterocycles. The molecule has 0 fully saturated rings. The Labute approximate surface area is 137 Å². The van der Waals surface area contributed by atoms with Crippen LogP contribution < -0.4 is 0 Å². The zero-order valence-corrected chi connectivity index (χ0v) is 12.6. The lowest BCUT2D eigenvalue weighted by Gasteiger charge is -2.27. The SMILES string of the molecule is FC(F)(F)c1ccc(C(F)(c2ccccc2)c2ccccc2)cc1. The highest BCUT2D eigenvalue weighted by Gasteiger charge is 2.37. The molecule has 0 atom stereocenters. The molecule has 0 nitrogen and oxygen atoms in total. The van der Waals surface area contributed by atoms with Gasteiger partial charge in [0.1, 0.15) is 0 Å². The van der Waals surface area contributed by atoms with Crippen LogP contribution in [0.2, 0.25) is 0 Å². The minimum atomic E-state index is -4.45. The van der Waals surface area contributed by atoms with Crippen LogP contribution in [0.25, 0.3) is 0 Å². The minimum absolute atomic E-state index is 0.160. The smallest absolute Gasteiger partial charge is 0.228 e. The van der Waals surface area contributed by atoms with Gasteiger partial charge in [-0.3, -0.25) is 0 Å². The van der Waals surface area contributed by atoms with Crippen LogP contribution in [0.5, 0.6) is 0 Å². The van der Waals surface area contributed by atoms with Gasteiger partial charge < -0.3 is 0 Å². The molecule has 122 valence electrons. The largest absolute Gasteiger partial charge is 0.416 e. The van der Waals surface area contributed by atoms with Crippen molar-refractivity contribution in [1.29, 1.82) is 0 Å². The van der Waals surface area contributed by atoms with Crippen molar-refractivity contribution in [2.75, 3.05) is 0 Å². The van der Waals surface area contributed by atoms with Gasteiger partial charge in [0, 0.05) is 0 Å². The molecule has 3 aromatic rings. The van der Waals surface area contributed by atoms with E-state index >= 15 is 4.39 Å². The molecule has 24 heavy (non-hydrogen) atoms. The summed E-state index contributed by atoms with van der Waals surface area (Å²) in [6, 6.07) is 21.1. The molecule has 0 N–H and O–H groups in total. The Balaban J connectivity index is 2.16. The summed E-state index contributed by atoms with van der Waals surface area (Å²) in [4.78, 5) is 0. The molecule has 0 aliphatic rings. The summed E-state index contributed by atoms with van der Waals surface area (Å²) in [6.07, 6.45) is -4.45. The van der Waals surface area contributed by atoms with Crippen molar-refractivity contribution in [3.63, 3.8) is 0 Å². The van der Waals surface area contributed by atoms with Gasteiger partial charge in [-0.1, -0.05) is 72.8 Å². The van der Waals surface area contributed by atoms with E-state index in [2.05, 4.69) is 0 Å². The van der Waals surface area contributed by atoms with Crippen LogP contribution in [-0.4, -0.2) is 0 Å². The fourth-order valence-corrected chi connectivity index (χ4v) is 2.72. The topological polar surface area (TPSA) is 0 Å². The summed E-state index contributed by atoms with van der Waals surface area (Å²) >= 11 is 0. The zero-order chi connectivity index (χ0) is 17.2. The van der Waals surface area contributed by atoms with Gasteiger partial charge in [-0.2, -0.15) is 13.2 Å². The molecule has 0 aromatic heterocycles. The first kappa shape index (κ1) is 16.2. The van der Waals surface area contributed by atoms with E-state index in [0.29, 0.717) is 11.1 Å². The van der Waals surface area contributed by atoms with Gasteiger partial charge in [0.15, 0.2) is 5.67 Å². The molecule has 0 unspecified atom stereocenters. The number of halogens is 4. The monoisotopic (exact) mass is 330 g/mol. The predicted molar refractivity (Wildman–Crippen MR) is 85.3 cm³/mol. The Kier molecular flexibility index (Phi) is 4.14. The molecule has 0 heterocycles. The summed E-state index contributed by atoms with van der Waals surface area (Å²) in [5.41, 5.74) is -1.92. The Morgan fingerprint density at radius 3 is 1.12 bits per heavy atom. The molecule has 0 aliphatic heterocycles. The highest BCUT2D eigenvalue weighted by Crippen LogP contribution is 2.41. The van der Waals surface area contributed by atoms with E-state index in [0.717, 1.165) is 12.1 Å². The molecule has 0 amide bonds. The van der Waals surface area contributed by atoms with Crippen LogP contribution in [0, 0.1) is 0 Å². The van der Waals surface area contributed by atoms with E-state index in [1.165, 1.54) is 12.1 Å². The fraction of sp³-hybridized carbons (Fsp3) is 0.100. The highest BCUT2D eigenvalue weighted by atomic mass is 19.4. The summed E-state index contributed by atoms with van der Waals surface area (Å²) in [5.74, 6) is 0. The standard InChI is InChI=1S/C20H14F4/c21-19(15-7-3-1-4-8-15,16-9-5-2-6-10-16)17-11-13-18(14-12-17)20(22,23)24/h1-14H. The normalized spacial score (nSPS) is 12.2. The summed E-state index contributed by atoms with van der Waals surface area (Å²) in [6.45, 7) is 0. The maximum atomic E-state index is 16.1. The first-order valence-corrected chi connectivity index (χ1v) is 7.40. The molecular formula is C20H14F4. The van der Waals surface area contributed by atoms with E-state index in [-0.39, 0.29) is 5.56 Å². The minimum Gasteiger partial charge on any atom is -0.228 e. The van der Waals surface area contributed by atoms with E-state index in [1.54, 1.807) is 60.7 Å². The summed E-state index contributed by atoms with van der Waals surface area (Å²) in [5, 5.41) is 0. The lowest BCUT2D eigenvalue weighted by molar-refractivity contribution is -0.137. The van der Waals surface area contributed by atoms with Crippen molar-refractivity contribution < 1.29 is 17.6 Å².